The fraction of sp³-hybridized carbons (Fsp3) is 0.386. The average molecular weight is 880 g/mol. The van der Waals surface area contributed by atoms with Crippen molar-refractivity contribution in [3.8, 4) is 22.8 Å². The minimum absolute atomic E-state index is 0.0672. The Balaban J connectivity index is 1.34. The quantitative estimate of drug-likeness (QED) is 0.140. The highest BCUT2D eigenvalue weighted by Gasteiger charge is 2.58. The molecule has 4 amide bonds. The Morgan fingerprint density at radius 3 is 2.18 bits per heavy atom. The van der Waals surface area contributed by atoms with Crippen LogP contribution in [0.5, 0.6) is 11.5 Å². The molecule has 2 fully saturated rings. The number of benzene rings is 3. The monoisotopic (exact) mass is 879 g/mol. The Morgan fingerprint density at radius 1 is 0.935 bits per heavy atom. The van der Waals surface area contributed by atoms with Crippen molar-refractivity contribution in [1.29, 1.82) is 0 Å². The normalized spacial score (nSPS) is 19.6. The maximum Gasteiger partial charge on any atom is 0.417 e. The van der Waals surface area contributed by atoms with Gasteiger partial charge in [0.15, 0.2) is 0 Å². The third kappa shape index (κ3) is 9.80. The van der Waals surface area contributed by atoms with E-state index in [0.717, 1.165) is 17.7 Å². The molecule has 0 radical (unpaired) electrons. The first kappa shape index (κ1) is 45.4. The number of carbonyl (C=O) groups is 4. The number of pyridine rings is 1. The first-order valence-corrected chi connectivity index (χ1v) is 21.1. The van der Waals surface area contributed by atoms with Crippen molar-refractivity contribution in [2.24, 2.45) is 5.41 Å². The molecule has 62 heavy (non-hydrogen) atoms. The Kier molecular flexibility index (Phi) is 12.1. The van der Waals surface area contributed by atoms with Crippen molar-refractivity contribution in [2.75, 3.05) is 13.7 Å². The number of alkyl halides is 3. The number of hydrogen-bond acceptors (Lipinski definition) is 10. The van der Waals surface area contributed by atoms with Gasteiger partial charge in [-0.05, 0) is 56.0 Å². The summed E-state index contributed by atoms with van der Waals surface area (Å²) in [7, 11) is -3.60. The summed E-state index contributed by atoms with van der Waals surface area (Å²) in [5, 5.41) is 5.79. The number of nitrogens with one attached hydrogen (secondary N) is 3. The molecule has 3 aromatic carbocycles. The van der Waals surface area contributed by atoms with Gasteiger partial charge >= 0.3 is 12.3 Å². The van der Waals surface area contributed by atoms with Crippen LogP contribution in [-0.2, 0) is 35.3 Å². The van der Waals surface area contributed by atoms with Crippen molar-refractivity contribution in [3.05, 3.63) is 96.6 Å². The van der Waals surface area contributed by atoms with Crippen LogP contribution < -0.4 is 24.8 Å². The molecule has 18 heteroatoms. The summed E-state index contributed by atoms with van der Waals surface area (Å²) in [6.07, 6.45) is -7.23. The van der Waals surface area contributed by atoms with E-state index in [1.165, 1.54) is 12.0 Å². The molecule has 1 saturated heterocycles. The fourth-order valence-electron chi connectivity index (χ4n) is 7.15. The van der Waals surface area contributed by atoms with Crippen LogP contribution in [0.4, 0.5) is 18.0 Å². The topological polar surface area (TPSA) is 182 Å². The number of halogens is 3. The number of carbonyl (C=O) groups excluding carboxylic acids is 4. The fourth-order valence-corrected chi connectivity index (χ4v) is 8.41. The van der Waals surface area contributed by atoms with Gasteiger partial charge in [-0.25, -0.2) is 22.9 Å². The third-order valence-electron chi connectivity index (χ3n) is 10.4. The van der Waals surface area contributed by atoms with Gasteiger partial charge in [-0.3, -0.25) is 14.4 Å². The van der Waals surface area contributed by atoms with Gasteiger partial charge in [0, 0.05) is 35.9 Å². The minimum atomic E-state index is -5.12. The van der Waals surface area contributed by atoms with Crippen molar-refractivity contribution in [2.45, 2.75) is 94.8 Å². The summed E-state index contributed by atoms with van der Waals surface area (Å²) in [6, 6.07) is 17.0. The lowest BCUT2D eigenvalue weighted by atomic mass is 9.85. The maximum atomic E-state index is 14.7. The summed E-state index contributed by atoms with van der Waals surface area (Å²) in [5.41, 5.74) is -3.46. The number of fused-ring (bicyclic) bond motifs is 1. The van der Waals surface area contributed by atoms with Gasteiger partial charge in [0.25, 0.3) is 15.9 Å². The Labute approximate surface area is 357 Å². The number of ether oxygens (including phenoxy) is 3. The molecule has 6 rings (SSSR count). The molecule has 3 N–H and O–H groups in total. The van der Waals surface area contributed by atoms with Crippen molar-refractivity contribution < 1.29 is 55.0 Å². The molecule has 330 valence electrons. The van der Waals surface area contributed by atoms with Crippen LogP contribution in [0, 0.1) is 5.41 Å². The summed E-state index contributed by atoms with van der Waals surface area (Å²) < 4.78 is 87.1. The second kappa shape index (κ2) is 16.6. The molecule has 0 bridgehead atoms. The highest BCUT2D eigenvalue weighted by Crippen LogP contribution is 2.43. The molecule has 1 aliphatic heterocycles. The zero-order valence-corrected chi connectivity index (χ0v) is 36.0. The minimum Gasteiger partial charge on any atom is -0.497 e. The van der Waals surface area contributed by atoms with Gasteiger partial charge in [-0.2, -0.15) is 13.2 Å². The van der Waals surface area contributed by atoms with E-state index in [1.54, 1.807) is 70.5 Å². The van der Waals surface area contributed by atoms with Gasteiger partial charge in [0.1, 0.15) is 40.8 Å². The summed E-state index contributed by atoms with van der Waals surface area (Å²) in [4.78, 5) is 60.8. The van der Waals surface area contributed by atoms with Crippen LogP contribution in [0.2, 0.25) is 0 Å². The van der Waals surface area contributed by atoms with Crippen LogP contribution >= 0.6 is 0 Å². The smallest absolute Gasteiger partial charge is 0.417 e. The number of aromatic nitrogens is 1. The van der Waals surface area contributed by atoms with E-state index in [9.17, 15) is 40.8 Å². The summed E-state index contributed by atoms with van der Waals surface area (Å²) >= 11 is 0. The molecular weight excluding hydrogens is 832 g/mol. The molecule has 2 heterocycles. The van der Waals surface area contributed by atoms with Crippen molar-refractivity contribution in [3.63, 3.8) is 0 Å². The van der Waals surface area contributed by atoms with Crippen LogP contribution in [0.25, 0.3) is 22.2 Å². The Morgan fingerprint density at radius 2 is 1.58 bits per heavy atom. The molecule has 1 aliphatic carbocycles. The highest BCUT2D eigenvalue weighted by atomic mass is 32.2. The summed E-state index contributed by atoms with van der Waals surface area (Å²) in [6.45, 7) is 13.7. The van der Waals surface area contributed by atoms with Gasteiger partial charge in [-0.1, -0.05) is 69.8 Å². The Hall–Kier alpha value is -6.17. The van der Waals surface area contributed by atoms with E-state index in [2.05, 4.69) is 17.2 Å². The van der Waals surface area contributed by atoms with Gasteiger partial charge in [0.05, 0.1) is 35.3 Å². The van der Waals surface area contributed by atoms with E-state index in [1.807, 2.05) is 30.3 Å². The van der Waals surface area contributed by atoms with Gasteiger partial charge in [-0.15, -0.1) is 0 Å². The number of amides is 4. The number of methoxy groups -OCH3 is 1. The molecule has 14 nitrogen and oxygen atoms in total. The highest BCUT2D eigenvalue weighted by molar-refractivity contribution is 7.90. The first-order valence-electron chi connectivity index (χ1n) is 19.6. The molecule has 0 unspecified atom stereocenters. The van der Waals surface area contributed by atoms with Crippen LogP contribution in [-0.4, -0.2) is 85.1 Å². The third-order valence-corrected chi connectivity index (χ3v) is 11.7. The number of nitrogens with zero attached hydrogens (tertiary/aromatic N) is 2. The molecule has 4 aromatic rings. The second-order valence-corrected chi connectivity index (χ2v) is 18.9. The lowest BCUT2D eigenvalue weighted by Gasteiger charge is -2.36. The molecule has 2 aliphatic rings. The molecule has 0 spiro atoms. The number of rotatable bonds is 11. The van der Waals surface area contributed by atoms with Gasteiger partial charge < -0.3 is 29.7 Å². The number of likely N-dealkylation sites (tertiary alicyclic amines) is 1. The first-order chi connectivity index (χ1) is 28.8. The lowest BCUT2D eigenvalue weighted by molar-refractivity contribution is -0.142. The predicted molar refractivity (Wildman–Crippen MR) is 222 cm³/mol. The number of sulfonamides is 1. The van der Waals surface area contributed by atoms with Crippen molar-refractivity contribution >= 4 is 44.7 Å². The van der Waals surface area contributed by atoms with Crippen molar-refractivity contribution in [1.82, 2.24) is 25.2 Å². The van der Waals surface area contributed by atoms with E-state index in [0.29, 0.717) is 40.2 Å². The zero-order valence-electron chi connectivity index (χ0n) is 35.2. The number of alkyl carbamates (subject to hydrolysis) is 1. The zero-order chi connectivity index (χ0) is 45.6. The lowest BCUT2D eigenvalue weighted by Crippen LogP contribution is -2.60. The molecular formula is C44H48F3N5O9S. The standard InChI is InChI=1S/C44H48F3N5O9S/c1-25-23-43(25,39(55)51-62(57,58)35-17-13-12-16-30(35)44(45,46)47)50-37(53)33-21-28(24-52(33)38(54)36(41(2,3)4)49-40(56)61-42(5,6)7)60-34-22-31(26-14-10-9-11-15-26)48-32-20-27(59-8)18-19-29(32)34/h9-20,22,28,33,36H,1,21,23-24H2,2-8H3,(H,49,56)(H,50,53)(H,51,55)/t28-,33+,36-,43-/m1/s1. The van der Waals surface area contributed by atoms with E-state index >= 15 is 0 Å². The predicted octanol–water partition coefficient (Wildman–Crippen LogP) is 6.54. The van der Waals surface area contributed by atoms with E-state index in [4.69, 9.17) is 19.2 Å². The SMILES string of the molecule is C=C1C[C@]1(NC(=O)[C@@H]1C[C@@H](Oc2cc(-c3ccccc3)nc3cc(OC)ccc23)CN1C(=O)[C@@H](NC(=O)OC(C)(C)C)C(C)(C)C)C(=O)NS(=O)(=O)c1ccccc1C(F)(F)F. The van der Waals surface area contributed by atoms with Crippen LogP contribution in [0.1, 0.15) is 59.9 Å². The van der Waals surface area contributed by atoms with E-state index < -0.39 is 85.2 Å². The molecule has 1 saturated carbocycles. The average Bonchev–Trinajstić information content (AvgIpc) is 3.64. The maximum absolute atomic E-state index is 14.7. The van der Waals surface area contributed by atoms with Gasteiger partial charge in [0.2, 0.25) is 11.8 Å². The largest absolute Gasteiger partial charge is 0.497 e. The molecule has 4 atom stereocenters. The van der Waals surface area contributed by atoms with Crippen LogP contribution in [0.3, 0.4) is 0 Å². The second-order valence-electron chi connectivity index (χ2n) is 17.3. The van der Waals surface area contributed by atoms with E-state index in [-0.39, 0.29) is 25.0 Å². The number of hydrogen-bond donors (Lipinski definition) is 3. The van der Waals surface area contributed by atoms with Crippen LogP contribution in [0.15, 0.2) is 95.9 Å². The summed E-state index contributed by atoms with van der Waals surface area (Å²) in [5.74, 6) is -2.04. The Bertz CT molecular complexity index is 2540. The molecule has 1 aromatic heterocycles.